The Balaban J connectivity index is 1.55. The van der Waals surface area contributed by atoms with Gasteiger partial charge in [-0.2, -0.15) is 13.2 Å². The number of halogens is 3. The zero-order valence-corrected chi connectivity index (χ0v) is 19.0. The summed E-state index contributed by atoms with van der Waals surface area (Å²) in [5, 5.41) is 23.5. The van der Waals surface area contributed by atoms with Crippen molar-refractivity contribution in [3.63, 3.8) is 0 Å². The van der Waals surface area contributed by atoms with Crippen LogP contribution in [0.15, 0.2) is 59.9 Å². The third-order valence-electron chi connectivity index (χ3n) is 6.27. The molecular weight excluding hydrogens is 461 g/mol. The van der Waals surface area contributed by atoms with Gasteiger partial charge in [0.05, 0.1) is 22.2 Å². The van der Waals surface area contributed by atoms with Crippen LogP contribution in [0.2, 0.25) is 0 Å². The first-order valence-electron chi connectivity index (χ1n) is 11.1. The molecule has 2 aromatic rings. The van der Waals surface area contributed by atoms with Crippen molar-refractivity contribution in [1.29, 1.82) is 5.41 Å². The lowest BCUT2D eigenvalue weighted by Crippen LogP contribution is -2.39. The van der Waals surface area contributed by atoms with Crippen LogP contribution in [0, 0.1) is 5.41 Å². The highest BCUT2D eigenvalue weighted by Gasteiger charge is 2.46. The van der Waals surface area contributed by atoms with Gasteiger partial charge in [0.15, 0.2) is 0 Å². The van der Waals surface area contributed by atoms with Gasteiger partial charge in [0.1, 0.15) is 5.82 Å². The molecule has 1 heterocycles. The molecule has 2 aromatic carbocycles. The predicted molar refractivity (Wildman–Crippen MR) is 123 cm³/mol. The summed E-state index contributed by atoms with van der Waals surface area (Å²) in [6.07, 6.45) is -3.03. The summed E-state index contributed by atoms with van der Waals surface area (Å²) in [6, 6.07) is 11.3. The Morgan fingerprint density at radius 1 is 1.11 bits per heavy atom. The number of benzene rings is 2. The van der Waals surface area contributed by atoms with Gasteiger partial charge in [-0.1, -0.05) is 24.3 Å². The molecule has 0 atom stereocenters. The molecule has 0 radical (unpaired) electrons. The number of carbonyl (C=O) groups excluding carboxylic acids is 1. The average molecular weight is 486 g/mol. The monoisotopic (exact) mass is 486 g/mol. The van der Waals surface area contributed by atoms with Crippen molar-refractivity contribution in [1.82, 2.24) is 15.5 Å². The van der Waals surface area contributed by atoms with E-state index in [1.165, 1.54) is 31.2 Å². The van der Waals surface area contributed by atoms with Crippen LogP contribution in [0.1, 0.15) is 46.8 Å². The van der Waals surface area contributed by atoms with Crippen molar-refractivity contribution in [3.8, 4) is 0 Å². The summed E-state index contributed by atoms with van der Waals surface area (Å²) in [7, 11) is 0. The number of nitrogens with zero attached hydrogens (tertiary/aromatic N) is 1. The van der Waals surface area contributed by atoms with Crippen LogP contribution < -0.4 is 10.6 Å². The van der Waals surface area contributed by atoms with Crippen LogP contribution in [0.4, 0.5) is 13.2 Å². The number of nitrogens with one attached hydrogen (secondary N) is 3. The van der Waals surface area contributed by atoms with E-state index in [-0.39, 0.29) is 23.4 Å². The maximum atomic E-state index is 13.3. The second kappa shape index (κ2) is 9.09. The van der Waals surface area contributed by atoms with Gasteiger partial charge in [-0.15, -0.1) is 0 Å². The fraction of sp³-hybridized carbons (Fsp3) is 0.320. The summed E-state index contributed by atoms with van der Waals surface area (Å²) in [5.41, 5.74) is 0.486. The molecule has 0 aromatic heterocycles. The van der Waals surface area contributed by atoms with Gasteiger partial charge < -0.3 is 26.0 Å². The topological polar surface area (TPSA) is 106 Å². The largest absolute Gasteiger partial charge is 0.478 e. The SMILES string of the molecule is CC(=N)/C(C(=O)NC1(c2ccc(C(=O)O)cc2)CC1)=C1\NCCN1Cc1ccc(C(F)(F)F)cc1. The standard InChI is InChI=1S/C25H25F3N4O3/c1-15(29)20(22(33)31-24(10-11-24)18-8-4-17(5-9-18)23(34)35)21-30-12-13-32(21)14-16-2-6-19(7-3-16)25(26,27)28/h2-9,29-30H,10-14H2,1H3,(H,31,33)(H,34,35)/b21-20-,29-15?. The Morgan fingerprint density at radius 3 is 2.26 bits per heavy atom. The van der Waals surface area contributed by atoms with Crippen molar-refractivity contribution in [2.75, 3.05) is 13.1 Å². The van der Waals surface area contributed by atoms with E-state index in [9.17, 15) is 22.8 Å². The highest BCUT2D eigenvalue weighted by Crippen LogP contribution is 2.45. The van der Waals surface area contributed by atoms with Gasteiger partial charge in [0.25, 0.3) is 5.91 Å². The molecule has 0 bridgehead atoms. The molecule has 0 spiro atoms. The Labute approximate surface area is 200 Å². The van der Waals surface area contributed by atoms with E-state index in [1.54, 1.807) is 12.1 Å². The second-order valence-corrected chi connectivity index (χ2v) is 8.81. The van der Waals surface area contributed by atoms with E-state index in [1.807, 2.05) is 4.90 Å². The van der Waals surface area contributed by atoms with E-state index in [0.29, 0.717) is 37.3 Å². The average Bonchev–Trinajstić information content (AvgIpc) is 3.44. The quantitative estimate of drug-likeness (QED) is 0.351. The smallest absolute Gasteiger partial charge is 0.416 e. The molecule has 2 aliphatic rings. The molecule has 1 saturated heterocycles. The molecule has 4 N–H and O–H groups in total. The Hall–Kier alpha value is -3.82. The third kappa shape index (κ3) is 5.16. The maximum absolute atomic E-state index is 13.3. The summed E-state index contributed by atoms with van der Waals surface area (Å²) >= 11 is 0. The molecule has 1 aliphatic heterocycles. The van der Waals surface area contributed by atoms with Crippen LogP contribution in [0.3, 0.4) is 0 Å². The minimum absolute atomic E-state index is 0.0568. The number of hydrogen-bond acceptors (Lipinski definition) is 5. The zero-order chi connectivity index (χ0) is 25.4. The normalized spacial score (nSPS) is 18.0. The van der Waals surface area contributed by atoms with Crippen LogP contribution in [-0.2, 0) is 23.1 Å². The van der Waals surface area contributed by atoms with Crippen molar-refractivity contribution >= 4 is 17.6 Å². The molecule has 35 heavy (non-hydrogen) atoms. The molecule has 1 aliphatic carbocycles. The molecule has 0 unspecified atom stereocenters. The molecule has 1 amide bonds. The fourth-order valence-electron chi connectivity index (χ4n) is 4.23. The summed E-state index contributed by atoms with van der Waals surface area (Å²) < 4.78 is 38.6. The molecule has 2 fully saturated rings. The second-order valence-electron chi connectivity index (χ2n) is 8.81. The first-order valence-corrected chi connectivity index (χ1v) is 11.1. The number of carbonyl (C=O) groups is 2. The minimum atomic E-state index is -4.41. The van der Waals surface area contributed by atoms with Crippen molar-refractivity contribution in [3.05, 3.63) is 82.2 Å². The minimum Gasteiger partial charge on any atom is -0.478 e. The maximum Gasteiger partial charge on any atom is 0.416 e. The number of aromatic carboxylic acids is 1. The molecule has 7 nitrogen and oxygen atoms in total. The van der Waals surface area contributed by atoms with Crippen LogP contribution in [0.5, 0.6) is 0 Å². The van der Waals surface area contributed by atoms with Crippen LogP contribution in [-0.4, -0.2) is 40.7 Å². The number of hydrogen-bond donors (Lipinski definition) is 4. The van der Waals surface area contributed by atoms with Gasteiger partial charge in [-0.25, -0.2) is 4.79 Å². The Kier molecular flexibility index (Phi) is 6.31. The molecule has 184 valence electrons. The number of amides is 1. The van der Waals surface area contributed by atoms with Gasteiger partial charge in [-0.05, 0) is 55.2 Å². The predicted octanol–water partition coefficient (Wildman–Crippen LogP) is 3.87. The molecule has 10 heteroatoms. The highest BCUT2D eigenvalue weighted by atomic mass is 19.4. The van der Waals surface area contributed by atoms with Gasteiger partial charge in [-0.3, -0.25) is 4.79 Å². The van der Waals surface area contributed by atoms with E-state index >= 15 is 0 Å². The molecule has 4 rings (SSSR count). The lowest BCUT2D eigenvalue weighted by Gasteiger charge is -2.24. The van der Waals surface area contributed by atoms with Crippen molar-refractivity contribution < 1.29 is 27.9 Å². The zero-order valence-electron chi connectivity index (χ0n) is 19.0. The number of alkyl halides is 3. The Morgan fingerprint density at radius 2 is 1.74 bits per heavy atom. The molecular formula is C25H25F3N4O3. The lowest BCUT2D eigenvalue weighted by atomic mass is 10.0. The van der Waals surface area contributed by atoms with E-state index in [4.69, 9.17) is 10.5 Å². The molecule has 1 saturated carbocycles. The van der Waals surface area contributed by atoms with Gasteiger partial charge in [0.2, 0.25) is 0 Å². The summed E-state index contributed by atoms with van der Waals surface area (Å²) in [4.78, 5) is 26.3. The Bertz CT molecular complexity index is 1180. The van der Waals surface area contributed by atoms with Crippen molar-refractivity contribution in [2.24, 2.45) is 0 Å². The third-order valence-corrected chi connectivity index (χ3v) is 6.27. The summed E-state index contributed by atoms with van der Waals surface area (Å²) in [6.45, 7) is 2.86. The van der Waals surface area contributed by atoms with Crippen LogP contribution >= 0.6 is 0 Å². The van der Waals surface area contributed by atoms with Crippen molar-refractivity contribution in [2.45, 2.75) is 38.0 Å². The van der Waals surface area contributed by atoms with Gasteiger partial charge >= 0.3 is 12.1 Å². The van der Waals surface area contributed by atoms with E-state index < -0.39 is 29.2 Å². The lowest BCUT2D eigenvalue weighted by molar-refractivity contribution is -0.137. The van der Waals surface area contributed by atoms with E-state index in [0.717, 1.165) is 17.7 Å². The number of carboxylic acid groups (broad SMARTS) is 1. The first-order chi connectivity index (χ1) is 16.5. The van der Waals surface area contributed by atoms with E-state index in [2.05, 4.69) is 10.6 Å². The van der Waals surface area contributed by atoms with Gasteiger partial charge in [0, 0.05) is 25.3 Å². The number of rotatable bonds is 7. The fourth-order valence-corrected chi connectivity index (χ4v) is 4.23. The number of carboxylic acids is 1. The van der Waals surface area contributed by atoms with Crippen LogP contribution in [0.25, 0.3) is 0 Å². The first kappa shape index (κ1) is 24.3. The summed E-state index contributed by atoms with van der Waals surface area (Å²) in [5.74, 6) is -0.997. The highest BCUT2D eigenvalue weighted by molar-refractivity contribution is 6.20.